The van der Waals surface area contributed by atoms with Gasteiger partial charge in [0.15, 0.2) is 5.11 Å². The number of ether oxygens (including phenoxy) is 1. The zero-order valence-corrected chi connectivity index (χ0v) is 15.1. The first-order chi connectivity index (χ1) is 11.4. The van der Waals surface area contributed by atoms with Gasteiger partial charge in [0.1, 0.15) is 5.75 Å². The lowest BCUT2D eigenvalue weighted by atomic mass is 10.1. The average Bonchev–Trinajstić information content (AvgIpc) is 2.51. The molecule has 0 fully saturated rings. The molecule has 6 heteroatoms. The van der Waals surface area contributed by atoms with Gasteiger partial charge in [0.2, 0.25) is 5.91 Å². The molecule has 0 aromatic heterocycles. The minimum Gasteiger partial charge on any atom is -0.491 e. The van der Waals surface area contributed by atoms with E-state index < -0.39 is 0 Å². The van der Waals surface area contributed by atoms with Gasteiger partial charge in [0.25, 0.3) is 0 Å². The monoisotopic (exact) mass is 362 g/mol. The molecule has 0 unspecified atom stereocenters. The second-order valence-electron chi connectivity index (χ2n) is 5.50. The van der Waals surface area contributed by atoms with E-state index in [2.05, 4.69) is 10.6 Å². The maximum Gasteiger partial charge on any atom is 0.230 e. The van der Waals surface area contributed by atoms with E-state index in [1.807, 2.05) is 50.2 Å². The number of amides is 1. The van der Waals surface area contributed by atoms with Crippen molar-refractivity contribution >= 4 is 40.5 Å². The number of hydrogen-bond donors (Lipinski definition) is 2. The van der Waals surface area contributed by atoms with Crippen LogP contribution < -0.4 is 15.4 Å². The van der Waals surface area contributed by atoms with Gasteiger partial charge in [-0.15, -0.1) is 0 Å². The molecule has 126 valence electrons. The third-order valence-corrected chi connectivity index (χ3v) is 3.47. The molecular weight excluding hydrogens is 344 g/mol. The molecule has 0 aliphatic heterocycles. The van der Waals surface area contributed by atoms with Crippen molar-refractivity contribution in [3.8, 4) is 5.75 Å². The van der Waals surface area contributed by atoms with Crippen LogP contribution in [0.1, 0.15) is 19.4 Å². The smallest absolute Gasteiger partial charge is 0.230 e. The Kier molecular flexibility index (Phi) is 6.58. The summed E-state index contributed by atoms with van der Waals surface area (Å²) in [5.41, 5.74) is 1.65. The molecule has 1 amide bonds. The zero-order chi connectivity index (χ0) is 17.5. The molecule has 0 bridgehead atoms. The molecule has 0 saturated carbocycles. The predicted molar refractivity (Wildman–Crippen MR) is 102 cm³/mol. The summed E-state index contributed by atoms with van der Waals surface area (Å²) in [4.78, 5) is 12.0. The van der Waals surface area contributed by atoms with Crippen LogP contribution in [-0.2, 0) is 11.2 Å². The Morgan fingerprint density at radius 1 is 1.12 bits per heavy atom. The Bertz CT molecular complexity index is 700. The molecule has 0 aliphatic rings. The minimum absolute atomic E-state index is 0.122. The topological polar surface area (TPSA) is 50.4 Å². The fourth-order valence-electron chi connectivity index (χ4n) is 2.01. The molecule has 2 aromatic rings. The Morgan fingerprint density at radius 3 is 2.33 bits per heavy atom. The van der Waals surface area contributed by atoms with E-state index >= 15 is 0 Å². The van der Waals surface area contributed by atoms with Gasteiger partial charge in [-0.3, -0.25) is 4.79 Å². The van der Waals surface area contributed by atoms with Crippen LogP contribution in [-0.4, -0.2) is 17.1 Å². The Balaban J connectivity index is 1.83. The summed E-state index contributed by atoms with van der Waals surface area (Å²) in [6.45, 7) is 3.94. The molecule has 2 aromatic carbocycles. The molecule has 0 atom stereocenters. The third-order valence-electron chi connectivity index (χ3n) is 3.01. The number of benzene rings is 2. The number of rotatable bonds is 5. The van der Waals surface area contributed by atoms with E-state index in [1.54, 1.807) is 12.1 Å². The number of nitrogens with one attached hydrogen (secondary N) is 2. The maximum atomic E-state index is 12.0. The molecule has 0 heterocycles. The summed E-state index contributed by atoms with van der Waals surface area (Å²) in [6.07, 6.45) is 0.359. The third kappa shape index (κ3) is 6.18. The van der Waals surface area contributed by atoms with Crippen molar-refractivity contribution in [2.24, 2.45) is 0 Å². The fraction of sp³-hybridized carbons (Fsp3) is 0.222. The lowest BCUT2D eigenvalue weighted by molar-refractivity contribution is -0.119. The number of halogens is 1. The standard InChI is InChI=1S/C18H19ClN2O2S/c1-12(2)23-16-9-7-15(8-10-16)20-18(24)21-17(22)11-13-3-5-14(19)6-4-13/h3-10,12H,11H2,1-2H3,(H2,20,21,22,24). The molecular formula is C18H19ClN2O2S. The van der Waals surface area contributed by atoms with E-state index in [0.29, 0.717) is 5.02 Å². The molecule has 0 saturated heterocycles. The highest BCUT2D eigenvalue weighted by atomic mass is 35.5. The zero-order valence-electron chi connectivity index (χ0n) is 13.5. The molecule has 0 aliphatic carbocycles. The SMILES string of the molecule is CC(C)Oc1ccc(NC(=S)NC(=O)Cc2ccc(Cl)cc2)cc1. The van der Waals surface area contributed by atoms with Gasteiger partial charge in [0.05, 0.1) is 12.5 Å². The Hall–Kier alpha value is -2.11. The van der Waals surface area contributed by atoms with Gasteiger partial charge in [-0.25, -0.2) is 0 Å². The predicted octanol–water partition coefficient (Wildman–Crippen LogP) is 4.18. The normalized spacial score (nSPS) is 10.3. The molecule has 0 spiro atoms. The average molecular weight is 363 g/mol. The van der Waals surface area contributed by atoms with E-state index in [0.717, 1.165) is 17.0 Å². The maximum absolute atomic E-state index is 12.0. The minimum atomic E-state index is -0.186. The van der Waals surface area contributed by atoms with Crippen LogP contribution in [0.4, 0.5) is 5.69 Å². The molecule has 2 N–H and O–H groups in total. The Labute approximate surface area is 152 Å². The van der Waals surface area contributed by atoms with Gasteiger partial charge in [0, 0.05) is 10.7 Å². The van der Waals surface area contributed by atoms with Gasteiger partial charge in [-0.1, -0.05) is 23.7 Å². The van der Waals surface area contributed by atoms with Gasteiger partial charge in [-0.2, -0.15) is 0 Å². The summed E-state index contributed by atoms with van der Waals surface area (Å²) >= 11 is 11.0. The van der Waals surface area contributed by atoms with Crippen molar-refractivity contribution in [1.82, 2.24) is 5.32 Å². The van der Waals surface area contributed by atoms with Crippen molar-refractivity contribution in [3.63, 3.8) is 0 Å². The fourth-order valence-corrected chi connectivity index (χ4v) is 2.37. The van der Waals surface area contributed by atoms with E-state index in [9.17, 15) is 4.79 Å². The summed E-state index contributed by atoms with van der Waals surface area (Å²) in [7, 11) is 0. The van der Waals surface area contributed by atoms with Crippen LogP contribution in [0.3, 0.4) is 0 Å². The lowest BCUT2D eigenvalue weighted by Crippen LogP contribution is -2.35. The van der Waals surface area contributed by atoms with E-state index in [-0.39, 0.29) is 23.5 Å². The molecule has 4 nitrogen and oxygen atoms in total. The Morgan fingerprint density at radius 2 is 1.75 bits per heavy atom. The number of hydrogen-bond acceptors (Lipinski definition) is 3. The highest BCUT2D eigenvalue weighted by Crippen LogP contribution is 2.16. The highest BCUT2D eigenvalue weighted by molar-refractivity contribution is 7.80. The van der Waals surface area contributed by atoms with Crippen LogP contribution in [0.25, 0.3) is 0 Å². The molecule has 0 radical (unpaired) electrons. The van der Waals surface area contributed by atoms with Crippen molar-refractivity contribution < 1.29 is 9.53 Å². The summed E-state index contributed by atoms with van der Waals surface area (Å²) in [5.74, 6) is 0.600. The van der Waals surface area contributed by atoms with Crippen molar-refractivity contribution in [3.05, 3.63) is 59.1 Å². The second-order valence-corrected chi connectivity index (χ2v) is 6.34. The van der Waals surface area contributed by atoms with Crippen LogP contribution >= 0.6 is 23.8 Å². The number of carbonyl (C=O) groups is 1. The molecule has 2 rings (SSSR count). The van der Waals surface area contributed by atoms with Crippen LogP contribution in [0, 0.1) is 0 Å². The first-order valence-corrected chi connectivity index (χ1v) is 8.33. The number of carbonyl (C=O) groups excluding carboxylic acids is 1. The van der Waals surface area contributed by atoms with Crippen molar-refractivity contribution in [2.45, 2.75) is 26.4 Å². The van der Waals surface area contributed by atoms with Crippen molar-refractivity contribution in [2.75, 3.05) is 5.32 Å². The van der Waals surface area contributed by atoms with Gasteiger partial charge < -0.3 is 15.4 Å². The largest absolute Gasteiger partial charge is 0.491 e. The number of thiocarbonyl (C=S) groups is 1. The summed E-state index contributed by atoms with van der Waals surface area (Å²) < 4.78 is 5.57. The van der Waals surface area contributed by atoms with E-state index in [4.69, 9.17) is 28.6 Å². The first-order valence-electron chi connectivity index (χ1n) is 7.54. The summed E-state index contributed by atoms with van der Waals surface area (Å²) in [6, 6.07) is 14.5. The number of anilines is 1. The quantitative estimate of drug-likeness (QED) is 0.783. The highest BCUT2D eigenvalue weighted by Gasteiger charge is 2.07. The first kappa shape index (κ1) is 18.2. The van der Waals surface area contributed by atoms with Gasteiger partial charge >= 0.3 is 0 Å². The van der Waals surface area contributed by atoms with Crippen LogP contribution in [0.5, 0.6) is 5.75 Å². The van der Waals surface area contributed by atoms with Crippen LogP contribution in [0.2, 0.25) is 5.02 Å². The lowest BCUT2D eigenvalue weighted by Gasteiger charge is -2.12. The van der Waals surface area contributed by atoms with E-state index in [1.165, 1.54) is 0 Å². The molecule has 24 heavy (non-hydrogen) atoms. The second kappa shape index (κ2) is 8.66. The van der Waals surface area contributed by atoms with Gasteiger partial charge in [-0.05, 0) is 68.0 Å². The van der Waals surface area contributed by atoms with Crippen LogP contribution in [0.15, 0.2) is 48.5 Å². The van der Waals surface area contributed by atoms with Crippen molar-refractivity contribution in [1.29, 1.82) is 0 Å². The summed E-state index contributed by atoms with van der Waals surface area (Å²) in [5, 5.41) is 6.52.